The summed E-state index contributed by atoms with van der Waals surface area (Å²) in [5.41, 5.74) is 1.86. The van der Waals surface area contributed by atoms with Gasteiger partial charge in [-0.15, -0.1) is 0 Å². The topological polar surface area (TPSA) is 55.4 Å². The van der Waals surface area contributed by atoms with Crippen LogP contribution in [0.2, 0.25) is 0 Å². The van der Waals surface area contributed by atoms with Crippen LogP contribution in [0.1, 0.15) is 18.1 Å². The molecule has 0 heterocycles. The Labute approximate surface area is 125 Å². The van der Waals surface area contributed by atoms with Crippen LogP contribution in [-0.2, 0) is 23.0 Å². The number of sulfonamides is 1. The molecule has 0 aromatic heterocycles. The van der Waals surface area contributed by atoms with E-state index < -0.39 is 10.0 Å². The molecule has 112 valence electrons. The van der Waals surface area contributed by atoms with Crippen LogP contribution in [0, 0.1) is 0 Å². The molecule has 0 aliphatic heterocycles. The SMILES string of the molecule is CCc1ccc(OC)c(S(=O)(=O)NCc2ccccc2)c1. The summed E-state index contributed by atoms with van der Waals surface area (Å²) >= 11 is 0. The Hall–Kier alpha value is -1.85. The van der Waals surface area contributed by atoms with Crippen LogP contribution in [0.5, 0.6) is 5.75 Å². The van der Waals surface area contributed by atoms with E-state index in [4.69, 9.17) is 4.74 Å². The van der Waals surface area contributed by atoms with Gasteiger partial charge in [0.15, 0.2) is 0 Å². The average molecular weight is 305 g/mol. The van der Waals surface area contributed by atoms with Crippen LogP contribution in [0.25, 0.3) is 0 Å². The minimum absolute atomic E-state index is 0.181. The van der Waals surface area contributed by atoms with Crippen molar-refractivity contribution in [1.82, 2.24) is 4.72 Å². The first kappa shape index (κ1) is 15.5. The molecule has 0 saturated carbocycles. The van der Waals surface area contributed by atoms with Gasteiger partial charge < -0.3 is 4.74 Å². The fourth-order valence-electron chi connectivity index (χ4n) is 2.00. The van der Waals surface area contributed by atoms with Gasteiger partial charge in [0.1, 0.15) is 10.6 Å². The lowest BCUT2D eigenvalue weighted by molar-refractivity contribution is 0.402. The van der Waals surface area contributed by atoms with E-state index in [1.807, 2.05) is 43.3 Å². The van der Waals surface area contributed by atoms with Crippen LogP contribution in [0.4, 0.5) is 0 Å². The summed E-state index contributed by atoms with van der Waals surface area (Å²) in [5, 5.41) is 0. The predicted octanol–water partition coefficient (Wildman–Crippen LogP) is 2.74. The number of nitrogens with one attached hydrogen (secondary N) is 1. The first-order valence-corrected chi connectivity index (χ1v) is 8.25. The van der Waals surface area contributed by atoms with Crippen LogP contribution in [0.3, 0.4) is 0 Å². The summed E-state index contributed by atoms with van der Waals surface area (Å²) < 4.78 is 32.7. The zero-order valence-electron chi connectivity index (χ0n) is 12.2. The molecule has 2 rings (SSSR count). The highest BCUT2D eigenvalue weighted by Gasteiger charge is 2.19. The molecule has 0 amide bonds. The Morgan fingerprint density at radius 3 is 2.38 bits per heavy atom. The van der Waals surface area contributed by atoms with Gasteiger partial charge in [0.05, 0.1) is 7.11 Å². The van der Waals surface area contributed by atoms with Crippen molar-refractivity contribution in [3.05, 3.63) is 59.7 Å². The molecule has 21 heavy (non-hydrogen) atoms. The molecule has 5 heteroatoms. The Kier molecular flexibility index (Phi) is 4.98. The zero-order chi connectivity index (χ0) is 15.3. The second-order valence-electron chi connectivity index (χ2n) is 4.65. The quantitative estimate of drug-likeness (QED) is 0.893. The van der Waals surface area contributed by atoms with Gasteiger partial charge in [-0.2, -0.15) is 0 Å². The van der Waals surface area contributed by atoms with Crippen LogP contribution in [0.15, 0.2) is 53.4 Å². The molecule has 4 nitrogen and oxygen atoms in total. The maximum Gasteiger partial charge on any atom is 0.244 e. The zero-order valence-corrected chi connectivity index (χ0v) is 13.0. The van der Waals surface area contributed by atoms with Crippen molar-refractivity contribution in [2.75, 3.05) is 7.11 Å². The lowest BCUT2D eigenvalue weighted by Crippen LogP contribution is -2.23. The number of methoxy groups -OCH3 is 1. The fraction of sp³-hybridized carbons (Fsp3) is 0.250. The van der Waals surface area contributed by atoms with Gasteiger partial charge in [-0.25, -0.2) is 13.1 Å². The van der Waals surface area contributed by atoms with E-state index >= 15 is 0 Å². The summed E-state index contributed by atoms with van der Waals surface area (Å²) in [5.74, 6) is 0.354. The van der Waals surface area contributed by atoms with Crippen LogP contribution < -0.4 is 9.46 Å². The summed E-state index contributed by atoms with van der Waals surface area (Å²) in [4.78, 5) is 0.181. The summed E-state index contributed by atoms with van der Waals surface area (Å²) in [6, 6.07) is 14.6. The van der Waals surface area contributed by atoms with Crippen LogP contribution in [-0.4, -0.2) is 15.5 Å². The highest BCUT2D eigenvalue weighted by molar-refractivity contribution is 7.89. The van der Waals surface area contributed by atoms with Gasteiger partial charge in [0, 0.05) is 6.54 Å². The monoisotopic (exact) mass is 305 g/mol. The molecular weight excluding hydrogens is 286 g/mol. The van der Waals surface area contributed by atoms with Crippen LogP contribution >= 0.6 is 0 Å². The molecule has 1 N–H and O–H groups in total. The largest absolute Gasteiger partial charge is 0.495 e. The molecule has 2 aromatic rings. The van der Waals surface area contributed by atoms with E-state index in [0.29, 0.717) is 5.75 Å². The van der Waals surface area contributed by atoms with Crippen molar-refractivity contribution in [1.29, 1.82) is 0 Å². The highest BCUT2D eigenvalue weighted by atomic mass is 32.2. The van der Waals surface area contributed by atoms with E-state index in [2.05, 4.69) is 4.72 Å². The minimum atomic E-state index is -3.61. The van der Waals surface area contributed by atoms with Gasteiger partial charge >= 0.3 is 0 Å². The predicted molar refractivity (Wildman–Crippen MR) is 82.8 cm³/mol. The summed E-state index contributed by atoms with van der Waals surface area (Å²) in [6.45, 7) is 2.23. The Morgan fingerprint density at radius 1 is 1.05 bits per heavy atom. The molecule has 0 radical (unpaired) electrons. The molecule has 0 spiro atoms. The first-order chi connectivity index (χ1) is 10.1. The standard InChI is InChI=1S/C16H19NO3S/c1-3-13-9-10-15(20-2)16(11-13)21(18,19)17-12-14-7-5-4-6-8-14/h4-11,17H,3,12H2,1-2H3. The lowest BCUT2D eigenvalue weighted by Gasteiger charge is -2.12. The molecule has 0 saturated heterocycles. The van der Waals surface area contributed by atoms with Gasteiger partial charge in [-0.05, 0) is 29.7 Å². The Morgan fingerprint density at radius 2 is 1.76 bits per heavy atom. The van der Waals surface area contributed by atoms with Crippen molar-refractivity contribution < 1.29 is 13.2 Å². The summed E-state index contributed by atoms with van der Waals surface area (Å²) in [7, 11) is -2.14. The first-order valence-electron chi connectivity index (χ1n) is 6.77. The third kappa shape index (κ3) is 3.83. The summed E-state index contributed by atoms with van der Waals surface area (Å²) in [6.07, 6.45) is 0.769. The molecule has 0 atom stereocenters. The Balaban J connectivity index is 2.26. The van der Waals surface area contributed by atoms with Gasteiger partial charge in [0.2, 0.25) is 10.0 Å². The average Bonchev–Trinajstić information content (AvgIpc) is 2.53. The molecule has 0 unspecified atom stereocenters. The molecule has 0 fully saturated rings. The van der Waals surface area contributed by atoms with E-state index in [1.165, 1.54) is 7.11 Å². The number of aryl methyl sites for hydroxylation is 1. The van der Waals surface area contributed by atoms with Crippen molar-refractivity contribution in [2.24, 2.45) is 0 Å². The molecule has 0 aliphatic rings. The van der Waals surface area contributed by atoms with Gasteiger partial charge in [0.25, 0.3) is 0 Å². The van der Waals surface area contributed by atoms with E-state index in [9.17, 15) is 8.42 Å². The fourth-order valence-corrected chi connectivity index (χ4v) is 3.24. The van der Waals surface area contributed by atoms with E-state index in [0.717, 1.165) is 17.5 Å². The number of benzene rings is 2. The smallest absolute Gasteiger partial charge is 0.244 e. The third-order valence-electron chi connectivity index (χ3n) is 3.23. The number of ether oxygens (including phenoxy) is 1. The second-order valence-corrected chi connectivity index (χ2v) is 6.38. The van der Waals surface area contributed by atoms with Crippen molar-refractivity contribution in [3.8, 4) is 5.75 Å². The Bertz CT molecular complexity index is 697. The lowest BCUT2D eigenvalue weighted by atomic mass is 10.2. The van der Waals surface area contributed by atoms with Gasteiger partial charge in [-0.1, -0.05) is 43.3 Å². The van der Waals surface area contributed by atoms with E-state index in [-0.39, 0.29) is 11.4 Å². The molecule has 0 bridgehead atoms. The van der Waals surface area contributed by atoms with Crippen molar-refractivity contribution in [3.63, 3.8) is 0 Å². The van der Waals surface area contributed by atoms with Gasteiger partial charge in [-0.3, -0.25) is 0 Å². The number of hydrogen-bond donors (Lipinski definition) is 1. The highest BCUT2D eigenvalue weighted by Crippen LogP contribution is 2.25. The second kappa shape index (κ2) is 6.74. The maximum atomic E-state index is 12.5. The minimum Gasteiger partial charge on any atom is -0.495 e. The van der Waals surface area contributed by atoms with Crippen molar-refractivity contribution in [2.45, 2.75) is 24.8 Å². The molecule has 2 aromatic carbocycles. The normalized spacial score (nSPS) is 11.3. The van der Waals surface area contributed by atoms with Crippen molar-refractivity contribution >= 4 is 10.0 Å². The number of hydrogen-bond acceptors (Lipinski definition) is 3. The maximum absolute atomic E-state index is 12.5. The third-order valence-corrected chi connectivity index (χ3v) is 4.66. The molecule has 0 aliphatic carbocycles. The number of rotatable bonds is 6. The molecular formula is C16H19NO3S. The van der Waals surface area contributed by atoms with E-state index in [1.54, 1.807) is 12.1 Å².